The Bertz CT molecular complexity index is 1800. The summed E-state index contributed by atoms with van der Waals surface area (Å²) in [5, 5.41) is 13.8. The summed E-state index contributed by atoms with van der Waals surface area (Å²) in [6.07, 6.45) is 6.67. The van der Waals surface area contributed by atoms with Crippen molar-refractivity contribution in [3.05, 3.63) is 102 Å². The summed E-state index contributed by atoms with van der Waals surface area (Å²) in [6.45, 7) is 18.9. The second-order valence-corrected chi connectivity index (χ2v) is 15.0. The summed E-state index contributed by atoms with van der Waals surface area (Å²) in [7, 11) is 0. The minimum Gasteiger partial charge on any atom is -0.512 e. The molecule has 0 spiro atoms. The van der Waals surface area contributed by atoms with Gasteiger partial charge in [0, 0.05) is 58.5 Å². The number of carbonyl (C=O) groups is 1. The van der Waals surface area contributed by atoms with Crippen molar-refractivity contribution < 1.29 is 30.0 Å². The van der Waals surface area contributed by atoms with E-state index in [1.807, 2.05) is 59.1 Å². The van der Waals surface area contributed by atoms with Gasteiger partial charge in [-0.1, -0.05) is 116 Å². The third-order valence-corrected chi connectivity index (χ3v) is 11.1. The summed E-state index contributed by atoms with van der Waals surface area (Å²) in [6, 6.07) is 29.5. The molecule has 0 saturated carbocycles. The first kappa shape index (κ1) is 38.3. The molecule has 0 bridgehead atoms. The predicted molar refractivity (Wildman–Crippen MR) is 199 cm³/mol. The van der Waals surface area contributed by atoms with Gasteiger partial charge in [-0.25, -0.2) is 0 Å². The van der Waals surface area contributed by atoms with Crippen LogP contribution in [-0.4, -0.2) is 15.9 Å². The Kier molecular flexibility index (Phi) is 12.9. The van der Waals surface area contributed by atoms with Gasteiger partial charge in [0.2, 0.25) is 0 Å². The maximum Gasteiger partial charge on any atom is 0.164 e. The summed E-state index contributed by atoms with van der Waals surface area (Å²) in [5.74, 6) is 0.286. The van der Waals surface area contributed by atoms with Crippen LogP contribution in [0, 0.1) is 16.9 Å². The molecule has 0 aliphatic rings. The molecule has 1 radical (unpaired) electrons. The normalized spacial score (nSPS) is 12.4. The van der Waals surface area contributed by atoms with Crippen molar-refractivity contribution in [2.45, 2.75) is 93.4 Å². The molecule has 0 atom stereocenters. The van der Waals surface area contributed by atoms with Crippen LogP contribution in [0.15, 0.2) is 90.8 Å². The summed E-state index contributed by atoms with van der Waals surface area (Å²) < 4.78 is 1.31. The van der Waals surface area contributed by atoms with E-state index in [-0.39, 0.29) is 47.9 Å². The Hall–Kier alpha value is -3.11. The van der Waals surface area contributed by atoms with Crippen LogP contribution < -0.4 is 0 Å². The van der Waals surface area contributed by atoms with Crippen molar-refractivity contribution in [2.24, 2.45) is 10.8 Å². The monoisotopic (exact) mass is 825 g/mol. The first-order valence-electron chi connectivity index (χ1n) is 16.6. The maximum atomic E-state index is 12.2. The molecule has 0 saturated heterocycles. The van der Waals surface area contributed by atoms with E-state index in [0.717, 1.165) is 42.3 Å². The van der Waals surface area contributed by atoms with E-state index >= 15 is 0 Å². The number of aliphatic hydroxyl groups excluding tert-OH is 1. The number of ketones is 1. The van der Waals surface area contributed by atoms with Crippen molar-refractivity contribution in [2.75, 3.05) is 0 Å². The van der Waals surface area contributed by atoms with E-state index in [1.165, 1.54) is 37.6 Å². The molecule has 2 aromatic heterocycles. The largest absolute Gasteiger partial charge is 0.512 e. The molecular weight excluding hydrogens is 775 g/mol. The Labute approximate surface area is 299 Å². The van der Waals surface area contributed by atoms with Crippen LogP contribution in [0.25, 0.3) is 42.6 Å². The van der Waals surface area contributed by atoms with Gasteiger partial charge < -0.3 is 5.11 Å². The van der Waals surface area contributed by atoms with Crippen molar-refractivity contribution in [1.29, 1.82) is 0 Å². The van der Waals surface area contributed by atoms with Gasteiger partial charge in [0.05, 0.1) is 0 Å². The fourth-order valence-electron chi connectivity index (χ4n) is 5.53. The fraction of sp³-hybridized carbons (Fsp3) is 0.381. The van der Waals surface area contributed by atoms with E-state index in [9.17, 15) is 9.90 Å². The summed E-state index contributed by atoms with van der Waals surface area (Å²) >= 11 is 1.83. The van der Waals surface area contributed by atoms with Gasteiger partial charge in [-0.15, -0.1) is 40.5 Å². The standard InChI is InChI=1S/C27H22NS.C15H28O2.Ir/c1-27(2,3)23-15-21(14-18-8-4-6-10-22(18)23)24-16-20(12-13-28-24)26-17-19-9-5-7-11-25(19)29-26;1-7-14(5,8-2)12(16)11-13(17)15(6,9-3)10-4;/h4-13,15-17H,1-3H3;11,16H,7-10H2,1-6H3;/q-1;;/b;12-11-;. The number of allylic oxidation sites excluding steroid dienone is 2. The Morgan fingerprint density at radius 1 is 0.830 bits per heavy atom. The van der Waals surface area contributed by atoms with E-state index in [1.54, 1.807) is 0 Å². The quantitative estimate of drug-likeness (QED) is 0.0915. The molecule has 5 heteroatoms. The average molecular weight is 825 g/mol. The smallest absolute Gasteiger partial charge is 0.164 e. The van der Waals surface area contributed by atoms with E-state index < -0.39 is 0 Å². The van der Waals surface area contributed by atoms with E-state index in [0.29, 0.717) is 0 Å². The van der Waals surface area contributed by atoms with Crippen molar-refractivity contribution in [3.63, 3.8) is 0 Å². The minimum atomic E-state index is -0.337. The molecule has 3 nitrogen and oxygen atoms in total. The topological polar surface area (TPSA) is 50.2 Å². The summed E-state index contributed by atoms with van der Waals surface area (Å²) in [4.78, 5) is 18.1. The van der Waals surface area contributed by atoms with Gasteiger partial charge in [-0.3, -0.25) is 9.78 Å². The number of rotatable bonds is 9. The molecule has 0 fully saturated rings. The molecular formula is C42H50IrNO2S-. The van der Waals surface area contributed by atoms with Crippen LogP contribution in [0.5, 0.6) is 0 Å². The number of hydrogen-bond acceptors (Lipinski definition) is 4. The number of hydrogen-bond donors (Lipinski definition) is 1. The molecule has 1 N–H and O–H groups in total. The molecule has 2 heterocycles. The van der Waals surface area contributed by atoms with Crippen LogP contribution in [0.1, 0.15) is 93.6 Å². The van der Waals surface area contributed by atoms with Gasteiger partial charge in [-0.05, 0) is 60.2 Å². The second kappa shape index (κ2) is 15.9. The zero-order valence-corrected chi connectivity index (χ0v) is 32.7. The van der Waals surface area contributed by atoms with Crippen LogP contribution in [-0.2, 0) is 30.3 Å². The van der Waals surface area contributed by atoms with Crippen molar-refractivity contribution in [3.8, 4) is 21.7 Å². The van der Waals surface area contributed by atoms with Gasteiger partial charge in [0.1, 0.15) is 5.76 Å². The molecule has 5 aromatic rings. The SMILES string of the molecule is CC(C)(C)c1cc(-c2cc(-c3cc4ccccc4s3)ccn2)[c-]c2ccccc12.CCC(C)(CC)C(=O)/C=C(\O)C(C)(CC)CC.[Ir]. The number of carbonyl (C=O) groups excluding carboxylic acids is 1. The van der Waals surface area contributed by atoms with Gasteiger partial charge >= 0.3 is 0 Å². The number of aliphatic hydroxyl groups is 1. The minimum absolute atomic E-state index is 0. The average Bonchev–Trinajstić information content (AvgIpc) is 3.51. The van der Waals surface area contributed by atoms with E-state index in [4.69, 9.17) is 4.98 Å². The van der Waals surface area contributed by atoms with Crippen LogP contribution in [0.2, 0.25) is 0 Å². The van der Waals surface area contributed by atoms with Crippen molar-refractivity contribution in [1.82, 2.24) is 4.98 Å². The first-order valence-corrected chi connectivity index (χ1v) is 17.5. The van der Waals surface area contributed by atoms with Gasteiger partial charge in [0.15, 0.2) is 5.78 Å². The van der Waals surface area contributed by atoms with Crippen molar-refractivity contribution >= 4 is 38.0 Å². The first-order chi connectivity index (χ1) is 21.8. The Morgan fingerprint density at radius 3 is 2.06 bits per heavy atom. The summed E-state index contributed by atoms with van der Waals surface area (Å²) in [5.41, 5.74) is 4.00. The van der Waals surface area contributed by atoms with Crippen LogP contribution >= 0.6 is 11.3 Å². The molecule has 0 aliphatic heterocycles. The molecule has 0 aliphatic carbocycles. The molecule has 0 amide bonds. The zero-order chi connectivity index (χ0) is 33.7. The number of benzene rings is 3. The number of aromatic nitrogens is 1. The molecule has 251 valence electrons. The van der Waals surface area contributed by atoms with Gasteiger partial charge in [-0.2, -0.15) is 0 Å². The second-order valence-electron chi connectivity index (χ2n) is 13.9. The maximum absolute atomic E-state index is 12.2. The zero-order valence-electron chi connectivity index (χ0n) is 29.5. The molecule has 0 unspecified atom stereocenters. The third kappa shape index (κ3) is 8.68. The van der Waals surface area contributed by atoms with Crippen LogP contribution in [0.4, 0.5) is 0 Å². The molecule has 47 heavy (non-hydrogen) atoms. The molecule has 3 aromatic carbocycles. The number of pyridine rings is 1. The number of fused-ring (bicyclic) bond motifs is 2. The number of thiophene rings is 1. The Morgan fingerprint density at radius 2 is 1.45 bits per heavy atom. The molecule has 5 rings (SSSR count). The van der Waals surface area contributed by atoms with Crippen LogP contribution in [0.3, 0.4) is 0 Å². The third-order valence-electron chi connectivity index (χ3n) is 9.93. The Balaban J connectivity index is 0.000000290. The fourth-order valence-corrected chi connectivity index (χ4v) is 6.59. The van der Waals surface area contributed by atoms with E-state index in [2.05, 4.69) is 99.6 Å². The predicted octanol–water partition coefficient (Wildman–Crippen LogP) is 12.5. The number of nitrogens with zero attached hydrogens (tertiary/aromatic N) is 1. The van der Waals surface area contributed by atoms with Gasteiger partial charge in [0.25, 0.3) is 0 Å².